The molecule has 1 aliphatic carbocycles. The number of carbonyl (C=O) groups is 1. The van der Waals surface area contributed by atoms with Gasteiger partial charge in [0.2, 0.25) is 0 Å². The van der Waals surface area contributed by atoms with Crippen LogP contribution in [-0.4, -0.2) is 35.8 Å². The standard InChI is InChI=1S/C17H22N4O.ClH/c1-18-11-6-12-19-17(22)16-14-9-5-10-15(14)21(20-16)13-7-3-2-4-8-13;/h2-4,7-8,18H,5-6,9-12H2,1H3,(H,19,22);1H. The van der Waals surface area contributed by atoms with Crippen molar-refractivity contribution in [3.05, 3.63) is 47.3 Å². The molecule has 5 nitrogen and oxygen atoms in total. The van der Waals surface area contributed by atoms with Crippen LogP contribution < -0.4 is 10.6 Å². The summed E-state index contributed by atoms with van der Waals surface area (Å²) in [4.78, 5) is 12.4. The van der Waals surface area contributed by atoms with Gasteiger partial charge in [-0.3, -0.25) is 4.79 Å². The third-order valence-corrected chi connectivity index (χ3v) is 4.04. The van der Waals surface area contributed by atoms with Crippen molar-refractivity contribution in [1.82, 2.24) is 20.4 Å². The fraction of sp³-hybridized carbons (Fsp3) is 0.412. The van der Waals surface area contributed by atoms with Crippen molar-refractivity contribution in [1.29, 1.82) is 0 Å². The second-order valence-corrected chi connectivity index (χ2v) is 5.59. The molecule has 0 saturated heterocycles. The predicted octanol–water partition coefficient (Wildman–Crippen LogP) is 2.12. The summed E-state index contributed by atoms with van der Waals surface area (Å²) in [5.74, 6) is -0.0519. The predicted molar refractivity (Wildman–Crippen MR) is 93.7 cm³/mol. The monoisotopic (exact) mass is 334 g/mol. The molecule has 0 atom stereocenters. The molecule has 23 heavy (non-hydrogen) atoms. The van der Waals surface area contributed by atoms with Crippen LogP contribution in [0.4, 0.5) is 0 Å². The molecule has 124 valence electrons. The van der Waals surface area contributed by atoms with Gasteiger partial charge in [-0.25, -0.2) is 4.68 Å². The number of benzene rings is 1. The summed E-state index contributed by atoms with van der Waals surface area (Å²) in [6.07, 6.45) is 3.95. The van der Waals surface area contributed by atoms with E-state index in [0.717, 1.165) is 43.5 Å². The molecule has 1 heterocycles. The number of aromatic nitrogens is 2. The second kappa shape index (κ2) is 8.13. The molecule has 0 bridgehead atoms. The van der Waals surface area contributed by atoms with Crippen molar-refractivity contribution in [2.24, 2.45) is 0 Å². The fourth-order valence-electron chi connectivity index (χ4n) is 2.95. The lowest BCUT2D eigenvalue weighted by molar-refractivity contribution is 0.0947. The quantitative estimate of drug-likeness (QED) is 0.796. The number of amides is 1. The Morgan fingerprint density at radius 3 is 2.74 bits per heavy atom. The molecule has 0 radical (unpaired) electrons. The van der Waals surface area contributed by atoms with Crippen LogP contribution in [0, 0.1) is 0 Å². The SMILES string of the molecule is CNCCCNC(=O)c1nn(-c2ccccc2)c2c1CCC2.Cl. The van der Waals surface area contributed by atoms with E-state index >= 15 is 0 Å². The van der Waals surface area contributed by atoms with Gasteiger partial charge in [-0.2, -0.15) is 5.10 Å². The van der Waals surface area contributed by atoms with E-state index in [2.05, 4.69) is 15.7 Å². The molecule has 0 fully saturated rings. The molecular formula is C17H23ClN4O. The minimum Gasteiger partial charge on any atom is -0.351 e. The van der Waals surface area contributed by atoms with Gasteiger partial charge in [0.15, 0.2) is 5.69 Å². The molecule has 3 rings (SSSR count). The summed E-state index contributed by atoms with van der Waals surface area (Å²) in [7, 11) is 1.91. The zero-order valence-corrected chi connectivity index (χ0v) is 14.2. The summed E-state index contributed by atoms with van der Waals surface area (Å²) in [6, 6.07) is 10.0. The summed E-state index contributed by atoms with van der Waals surface area (Å²) < 4.78 is 1.94. The smallest absolute Gasteiger partial charge is 0.272 e. The molecule has 2 aromatic rings. The van der Waals surface area contributed by atoms with Gasteiger partial charge in [-0.1, -0.05) is 18.2 Å². The lowest BCUT2D eigenvalue weighted by Gasteiger charge is -2.05. The lowest BCUT2D eigenvalue weighted by atomic mass is 10.2. The molecule has 0 saturated carbocycles. The minimum atomic E-state index is -0.0519. The Balaban J connectivity index is 0.00000192. The molecule has 0 unspecified atom stereocenters. The van der Waals surface area contributed by atoms with E-state index in [0.29, 0.717) is 12.2 Å². The van der Waals surface area contributed by atoms with Crippen molar-refractivity contribution < 1.29 is 4.79 Å². The van der Waals surface area contributed by atoms with E-state index in [-0.39, 0.29) is 18.3 Å². The normalized spacial score (nSPS) is 12.6. The fourth-order valence-corrected chi connectivity index (χ4v) is 2.95. The number of fused-ring (bicyclic) bond motifs is 1. The van der Waals surface area contributed by atoms with Crippen molar-refractivity contribution in [2.75, 3.05) is 20.1 Å². The van der Waals surface area contributed by atoms with Crippen LogP contribution in [0.2, 0.25) is 0 Å². The summed E-state index contributed by atoms with van der Waals surface area (Å²) in [6.45, 7) is 1.57. The van der Waals surface area contributed by atoms with E-state index in [1.807, 2.05) is 42.1 Å². The number of hydrogen-bond acceptors (Lipinski definition) is 3. The van der Waals surface area contributed by atoms with Gasteiger partial charge in [-0.15, -0.1) is 12.4 Å². The average molecular weight is 335 g/mol. The Morgan fingerprint density at radius 2 is 2.00 bits per heavy atom. The van der Waals surface area contributed by atoms with Crippen LogP contribution in [0.1, 0.15) is 34.6 Å². The second-order valence-electron chi connectivity index (χ2n) is 5.59. The Bertz CT molecular complexity index is 654. The Hall–Kier alpha value is -1.85. The van der Waals surface area contributed by atoms with Crippen LogP contribution in [0.3, 0.4) is 0 Å². The van der Waals surface area contributed by atoms with E-state index < -0.39 is 0 Å². The Morgan fingerprint density at radius 1 is 1.22 bits per heavy atom. The number of para-hydroxylation sites is 1. The number of halogens is 1. The first-order valence-electron chi connectivity index (χ1n) is 7.90. The van der Waals surface area contributed by atoms with Gasteiger partial charge >= 0.3 is 0 Å². The van der Waals surface area contributed by atoms with Gasteiger partial charge in [0.05, 0.1) is 5.69 Å². The first-order valence-corrected chi connectivity index (χ1v) is 7.90. The number of rotatable bonds is 6. The van der Waals surface area contributed by atoms with Crippen LogP contribution >= 0.6 is 12.4 Å². The zero-order valence-electron chi connectivity index (χ0n) is 13.3. The summed E-state index contributed by atoms with van der Waals surface area (Å²) in [5, 5.41) is 10.6. The summed E-state index contributed by atoms with van der Waals surface area (Å²) >= 11 is 0. The topological polar surface area (TPSA) is 58.9 Å². The van der Waals surface area contributed by atoms with E-state index in [9.17, 15) is 4.79 Å². The Kier molecular flexibility index (Phi) is 6.19. The van der Waals surface area contributed by atoms with Gasteiger partial charge in [0.25, 0.3) is 5.91 Å². The highest BCUT2D eigenvalue weighted by atomic mass is 35.5. The van der Waals surface area contributed by atoms with Crippen molar-refractivity contribution in [2.45, 2.75) is 25.7 Å². The molecule has 2 N–H and O–H groups in total. The third-order valence-electron chi connectivity index (χ3n) is 4.04. The van der Waals surface area contributed by atoms with Gasteiger partial charge in [0.1, 0.15) is 0 Å². The molecule has 6 heteroatoms. The number of hydrogen-bond donors (Lipinski definition) is 2. The maximum atomic E-state index is 12.4. The van der Waals surface area contributed by atoms with Crippen molar-refractivity contribution in [3.8, 4) is 5.69 Å². The lowest BCUT2D eigenvalue weighted by Crippen LogP contribution is -2.27. The highest BCUT2D eigenvalue weighted by Gasteiger charge is 2.26. The molecule has 1 aliphatic rings. The number of carbonyl (C=O) groups excluding carboxylic acids is 1. The van der Waals surface area contributed by atoms with Gasteiger partial charge in [-0.05, 0) is 51.4 Å². The van der Waals surface area contributed by atoms with Crippen LogP contribution in [0.25, 0.3) is 5.69 Å². The largest absolute Gasteiger partial charge is 0.351 e. The first kappa shape index (κ1) is 17.5. The molecule has 1 aromatic heterocycles. The third kappa shape index (κ3) is 3.74. The van der Waals surface area contributed by atoms with Crippen molar-refractivity contribution >= 4 is 18.3 Å². The highest BCUT2D eigenvalue weighted by Crippen LogP contribution is 2.27. The first-order chi connectivity index (χ1) is 10.8. The van der Waals surface area contributed by atoms with Gasteiger partial charge < -0.3 is 10.6 Å². The van der Waals surface area contributed by atoms with E-state index in [4.69, 9.17) is 0 Å². The highest BCUT2D eigenvalue weighted by molar-refractivity contribution is 5.94. The maximum Gasteiger partial charge on any atom is 0.272 e. The van der Waals surface area contributed by atoms with Crippen molar-refractivity contribution in [3.63, 3.8) is 0 Å². The molecule has 1 amide bonds. The van der Waals surface area contributed by atoms with E-state index in [1.165, 1.54) is 5.69 Å². The molecule has 0 aliphatic heterocycles. The number of nitrogens with one attached hydrogen (secondary N) is 2. The Labute approximate surface area is 142 Å². The summed E-state index contributed by atoms with van der Waals surface area (Å²) in [5.41, 5.74) is 3.93. The minimum absolute atomic E-state index is 0. The molecular weight excluding hydrogens is 312 g/mol. The van der Waals surface area contributed by atoms with Crippen LogP contribution in [-0.2, 0) is 12.8 Å². The molecule has 0 spiro atoms. The van der Waals surface area contributed by atoms with Gasteiger partial charge in [0, 0.05) is 17.8 Å². The van der Waals surface area contributed by atoms with Crippen LogP contribution in [0.15, 0.2) is 30.3 Å². The zero-order chi connectivity index (χ0) is 15.4. The maximum absolute atomic E-state index is 12.4. The number of nitrogens with zero attached hydrogens (tertiary/aromatic N) is 2. The molecule has 1 aromatic carbocycles. The van der Waals surface area contributed by atoms with Crippen LogP contribution in [0.5, 0.6) is 0 Å². The van der Waals surface area contributed by atoms with E-state index in [1.54, 1.807) is 0 Å². The average Bonchev–Trinajstić information content (AvgIpc) is 3.14.